The molecule has 1 aliphatic rings. The molecule has 0 saturated carbocycles. The van der Waals surface area contributed by atoms with E-state index in [1.54, 1.807) is 0 Å². The summed E-state index contributed by atoms with van der Waals surface area (Å²) in [5.74, 6) is 1.09. The number of hydrogen-bond donors (Lipinski definition) is 2. The number of rotatable bonds is 8. The zero-order valence-corrected chi connectivity index (χ0v) is 20.4. The number of hydrogen-bond acceptors (Lipinski definition) is 3. The van der Waals surface area contributed by atoms with Gasteiger partial charge in [0.1, 0.15) is 0 Å². The molecule has 1 aromatic heterocycles. The minimum Gasteiger partial charge on any atom is -0.357 e. The minimum absolute atomic E-state index is 0. The molecule has 1 saturated heterocycles. The molecule has 5 nitrogen and oxygen atoms in total. The van der Waals surface area contributed by atoms with Gasteiger partial charge in [0.2, 0.25) is 5.91 Å². The van der Waals surface area contributed by atoms with Crippen LogP contribution in [0.3, 0.4) is 0 Å². The molecule has 0 aliphatic carbocycles. The van der Waals surface area contributed by atoms with Gasteiger partial charge in [-0.1, -0.05) is 31.2 Å². The SMILES string of the molecule is CCNC(=NCc1cccc(CN2CCCC2=O)c1)NCc1ccc(CC)s1.I. The fraction of sp³-hybridized carbons (Fsp3) is 0.455. The molecule has 7 heteroatoms. The van der Waals surface area contributed by atoms with Gasteiger partial charge in [0, 0.05) is 35.8 Å². The lowest BCUT2D eigenvalue weighted by Crippen LogP contribution is -2.36. The van der Waals surface area contributed by atoms with E-state index in [0.717, 1.165) is 44.0 Å². The summed E-state index contributed by atoms with van der Waals surface area (Å²) in [5.41, 5.74) is 2.33. The first kappa shape index (κ1) is 23.7. The van der Waals surface area contributed by atoms with E-state index in [4.69, 9.17) is 4.99 Å². The lowest BCUT2D eigenvalue weighted by molar-refractivity contribution is -0.128. The van der Waals surface area contributed by atoms with Crippen molar-refractivity contribution < 1.29 is 4.79 Å². The highest BCUT2D eigenvalue weighted by Gasteiger charge is 2.19. The van der Waals surface area contributed by atoms with Crippen molar-refractivity contribution in [1.82, 2.24) is 15.5 Å². The van der Waals surface area contributed by atoms with Crippen molar-refractivity contribution in [3.63, 3.8) is 0 Å². The minimum atomic E-state index is 0. The summed E-state index contributed by atoms with van der Waals surface area (Å²) in [6.45, 7) is 8.06. The number of aryl methyl sites for hydroxylation is 1. The molecule has 0 bridgehead atoms. The molecule has 1 fully saturated rings. The van der Waals surface area contributed by atoms with Crippen molar-refractivity contribution in [3.8, 4) is 0 Å². The summed E-state index contributed by atoms with van der Waals surface area (Å²) in [5, 5.41) is 6.73. The zero-order valence-electron chi connectivity index (χ0n) is 17.2. The van der Waals surface area contributed by atoms with E-state index in [1.807, 2.05) is 16.2 Å². The third-order valence-electron chi connectivity index (χ3n) is 4.80. The van der Waals surface area contributed by atoms with Crippen molar-refractivity contribution in [1.29, 1.82) is 0 Å². The Kier molecular flexibility index (Phi) is 9.93. The van der Waals surface area contributed by atoms with Crippen LogP contribution >= 0.6 is 35.3 Å². The topological polar surface area (TPSA) is 56.7 Å². The number of benzene rings is 1. The Hall–Kier alpha value is -1.61. The maximum atomic E-state index is 11.8. The van der Waals surface area contributed by atoms with Crippen LogP contribution in [0.15, 0.2) is 41.4 Å². The summed E-state index contributed by atoms with van der Waals surface area (Å²) in [7, 11) is 0. The first-order chi connectivity index (χ1) is 13.7. The van der Waals surface area contributed by atoms with Crippen molar-refractivity contribution in [2.24, 2.45) is 4.99 Å². The second kappa shape index (κ2) is 12.2. The number of carbonyl (C=O) groups excluding carboxylic acids is 1. The number of aliphatic imine (C=N–C) groups is 1. The molecular weight excluding hydrogens is 495 g/mol. The Bertz CT molecular complexity index is 821. The predicted octanol–water partition coefficient (Wildman–Crippen LogP) is 4.31. The van der Waals surface area contributed by atoms with Crippen LogP contribution in [0.2, 0.25) is 0 Å². The average Bonchev–Trinajstić information content (AvgIpc) is 3.33. The molecule has 0 spiro atoms. The lowest BCUT2D eigenvalue weighted by atomic mass is 10.1. The van der Waals surface area contributed by atoms with Gasteiger partial charge in [-0.05, 0) is 43.0 Å². The van der Waals surface area contributed by atoms with E-state index in [0.29, 0.717) is 19.5 Å². The number of thiophene rings is 1. The second-order valence-corrected chi connectivity index (χ2v) is 8.26. The van der Waals surface area contributed by atoms with Gasteiger partial charge in [-0.15, -0.1) is 35.3 Å². The summed E-state index contributed by atoms with van der Waals surface area (Å²) >= 11 is 1.85. The Morgan fingerprint density at radius 3 is 2.62 bits per heavy atom. The van der Waals surface area contributed by atoms with Crippen LogP contribution in [-0.2, 0) is 30.8 Å². The first-order valence-electron chi connectivity index (χ1n) is 10.1. The van der Waals surface area contributed by atoms with Crippen molar-refractivity contribution in [2.75, 3.05) is 13.1 Å². The molecule has 2 N–H and O–H groups in total. The molecule has 29 heavy (non-hydrogen) atoms. The number of carbonyl (C=O) groups is 1. The smallest absolute Gasteiger partial charge is 0.222 e. The predicted molar refractivity (Wildman–Crippen MR) is 132 cm³/mol. The van der Waals surface area contributed by atoms with E-state index in [9.17, 15) is 4.79 Å². The van der Waals surface area contributed by atoms with Gasteiger partial charge in [0.05, 0.1) is 13.1 Å². The maximum absolute atomic E-state index is 11.8. The highest BCUT2D eigenvalue weighted by molar-refractivity contribution is 14.0. The number of halogens is 1. The molecule has 0 atom stereocenters. The van der Waals surface area contributed by atoms with E-state index in [-0.39, 0.29) is 29.9 Å². The van der Waals surface area contributed by atoms with Crippen LogP contribution in [0.25, 0.3) is 0 Å². The van der Waals surface area contributed by atoms with Crippen LogP contribution in [0.4, 0.5) is 0 Å². The van der Waals surface area contributed by atoms with E-state index in [1.165, 1.54) is 15.3 Å². The maximum Gasteiger partial charge on any atom is 0.222 e. The highest BCUT2D eigenvalue weighted by Crippen LogP contribution is 2.17. The molecule has 3 rings (SSSR count). The number of guanidine groups is 1. The standard InChI is InChI=1S/C22H30N4OS.HI/c1-3-19-10-11-20(28-19)15-25-22(23-4-2)24-14-17-7-5-8-18(13-17)16-26-12-6-9-21(26)27;/h5,7-8,10-11,13H,3-4,6,9,12,14-16H2,1-2H3,(H2,23,24,25);1H. The van der Waals surface area contributed by atoms with Crippen LogP contribution in [0.5, 0.6) is 0 Å². The summed E-state index contributed by atoms with van der Waals surface area (Å²) < 4.78 is 0. The van der Waals surface area contributed by atoms with E-state index < -0.39 is 0 Å². The van der Waals surface area contributed by atoms with Crippen molar-refractivity contribution in [3.05, 3.63) is 57.3 Å². The van der Waals surface area contributed by atoms with E-state index >= 15 is 0 Å². The number of nitrogens with zero attached hydrogens (tertiary/aromatic N) is 2. The number of amides is 1. The molecule has 1 aromatic carbocycles. The Morgan fingerprint density at radius 2 is 1.93 bits per heavy atom. The van der Waals surface area contributed by atoms with Crippen LogP contribution < -0.4 is 10.6 Å². The van der Waals surface area contributed by atoms with Crippen molar-refractivity contribution in [2.45, 2.75) is 52.7 Å². The molecule has 158 valence electrons. The van der Waals surface area contributed by atoms with Crippen LogP contribution in [0, 0.1) is 0 Å². The summed E-state index contributed by atoms with van der Waals surface area (Å²) in [6.07, 6.45) is 2.74. The zero-order chi connectivity index (χ0) is 19.8. The monoisotopic (exact) mass is 526 g/mol. The van der Waals surface area contributed by atoms with Crippen molar-refractivity contribution >= 4 is 47.2 Å². The van der Waals surface area contributed by atoms with Gasteiger partial charge >= 0.3 is 0 Å². The molecule has 1 aliphatic heterocycles. The Labute approximate surface area is 195 Å². The third kappa shape index (κ3) is 7.29. The average molecular weight is 526 g/mol. The summed E-state index contributed by atoms with van der Waals surface area (Å²) in [4.78, 5) is 21.3. The molecule has 2 aromatic rings. The Balaban J connectivity index is 0.00000300. The number of likely N-dealkylation sites (tertiary alicyclic amines) is 1. The number of nitrogens with one attached hydrogen (secondary N) is 2. The van der Waals surface area contributed by atoms with Crippen LogP contribution in [0.1, 0.15) is 47.6 Å². The summed E-state index contributed by atoms with van der Waals surface area (Å²) in [6, 6.07) is 12.8. The van der Waals surface area contributed by atoms with Gasteiger partial charge in [0.25, 0.3) is 0 Å². The first-order valence-corrected chi connectivity index (χ1v) is 10.9. The molecule has 0 unspecified atom stereocenters. The van der Waals surface area contributed by atoms with Gasteiger partial charge in [-0.25, -0.2) is 4.99 Å². The Morgan fingerprint density at radius 1 is 1.14 bits per heavy atom. The molecule has 0 radical (unpaired) electrons. The fourth-order valence-electron chi connectivity index (χ4n) is 3.31. The fourth-order valence-corrected chi connectivity index (χ4v) is 4.21. The quantitative estimate of drug-likeness (QED) is 0.306. The van der Waals surface area contributed by atoms with Crippen LogP contribution in [-0.4, -0.2) is 29.9 Å². The lowest BCUT2D eigenvalue weighted by Gasteiger charge is -2.16. The molecule has 1 amide bonds. The molecular formula is C22H31IN4OS. The van der Waals surface area contributed by atoms with Gasteiger partial charge in [-0.2, -0.15) is 0 Å². The second-order valence-electron chi connectivity index (χ2n) is 7.01. The van der Waals surface area contributed by atoms with E-state index in [2.05, 4.69) is 60.9 Å². The van der Waals surface area contributed by atoms with Gasteiger partial charge < -0.3 is 15.5 Å². The molecule has 2 heterocycles. The third-order valence-corrected chi connectivity index (χ3v) is 6.03. The largest absolute Gasteiger partial charge is 0.357 e. The normalized spacial score (nSPS) is 14.1. The van der Waals surface area contributed by atoms with Gasteiger partial charge in [0.15, 0.2) is 5.96 Å². The van der Waals surface area contributed by atoms with Gasteiger partial charge in [-0.3, -0.25) is 4.79 Å². The highest BCUT2D eigenvalue weighted by atomic mass is 127.